The molecule has 1 aromatic rings. The van der Waals surface area contributed by atoms with Gasteiger partial charge in [0.25, 0.3) is 5.91 Å². The van der Waals surface area contributed by atoms with Gasteiger partial charge in [0.2, 0.25) is 0 Å². The number of phenolic OH excluding ortho intramolecular Hbond substituents is 1. The largest absolute Gasteiger partial charge is 0.507 e. The summed E-state index contributed by atoms with van der Waals surface area (Å²) in [7, 11) is 3.94. The minimum absolute atomic E-state index is 0.0509. The molecule has 1 saturated carbocycles. The van der Waals surface area contributed by atoms with E-state index in [1.54, 1.807) is 36.2 Å². The first kappa shape index (κ1) is 15.8. The SMILES string of the molecule is CN(CCN(C)C1CCCCC1)C(=O)c1ccccc1O. The Bertz CT molecular complexity index is 470. The van der Waals surface area contributed by atoms with Crippen molar-refractivity contribution >= 4 is 5.91 Å². The molecular weight excluding hydrogens is 264 g/mol. The van der Waals surface area contributed by atoms with Crippen LogP contribution in [0.4, 0.5) is 0 Å². The first-order chi connectivity index (χ1) is 10.1. The molecule has 116 valence electrons. The van der Waals surface area contributed by atoms with Crippen molar-refractivity contribution in [3.63, 3.8) is 0 Å². The van der Waals surface area contributed by atoms with Gasteiger partial charge in [-0.05, 0) is 32.0 Å². The summed E-state index contributed by atoms with van der Waals surface area (Å²) in [6.45, 7) is 1.56. The minimum atomic E-state index is -0.120. The molecule has 0 heterocycles. The lowest BCUT2D eigenvalue weighted by Gasteiger charge is -2.32. The maximum absolute atomic E-state index is 12.3. The molecule has 0 spiro atoms. The van der Waals surface area contributed by atoms with Crippen LogP contribution in [0, 0.1) is 0 Å². The van der Waals surface area contributed by atoms with Gasteiger partial charge in [0, 0.05) is 26.2 Å². The van der Waals surface area contributed by atoms with Gasteiger partial charge in [-0.3, -0.25) is 4.79 Å². The van der Waals surface area contributed by atoms with E-state index in [4.69, 9.17) is 0 Å². The van der Waals surface area contributed by atoms with E-state index in [1.165, 1.54) is 32.1 Å². The molecule has 1 aliphatic rings. The summed E-state index contributed by atoms with van der Waals surface area (Å²) in [6, 6.07) is 7.37. The van der Waals surface area contributed by atoms with Crippen molar-refractivity contribution in [2.45, 2.75) is 38.1 Å². The molecule has 2 rings (SSSR count). The predicted molar refractivity (Wildman–Crippen MR) is 84.6 cm³/mol. The van der Waals surface area contributed by atoms with Gasteiger partial charge in [-0.1, -0.05) is 31.4 Å². The zero-order valence-corrected chi connectivity index (χ0v) is 13.1. The Hall–Kier alpha value is -1.55. The number of benzene rings is 1. The maximum Gasteiger partial charge on any atom is 0.257 e. The molecule has 0 radical (unpaired) electrons. The van der Waals surface area contributed by atoms with E-state index >= 15 is 0 Å². The number of phenols is 1. The van der Waals surface area contributed by atoms with Gasteiger partial charge in [0.1, 0.15) is 5.75 Å². The van der Waals surface area contributed by atoms with Crippen molar-refractivity contribution in [2.24, 2.45) is 0 Å². The van der Waals surface area contributed by atoms with E-state index in [9.17, 15) is 9.90 Å². The van der Waals surface area contributed by atoms with Gasteiger partial charge in [-0.25, -0.2) is 0 Å². The van der Waals surface area contributed by atoms with Crippen molar-refractivity contribution in [1.29, 1.82) is 0 Å². The molecule has 1 fully saturated rings. The smallest absolute Gasteiger partial charge is 0.257 e. The van der Waals surface area contributed by atoms with Gasteiger partial charge in [0.15, 0.2) is 0 Å². The number of para-hydroxylation sites is 1. The third-order valence-corrected chi connectivity index (χ3v) is 4.47. The van der Waals surface area contributed by atoms with Crippen LogP contribution in [0.2, 0.25) is 0 Å². The third-order valence-electron chi connectivity index (χ3n) is 4.47. The number of likely N-dealkylation sites (N-methyl/N-ethyl adjacent to an activating group) is 2. The summed E-state index contributed by atoms with van der Waals surface area (Å²) < 4.78 is 0. The lowest BCUT2D eigenvalue weighted by Crippen LogP contribution is -2.40. The summed E-state index contributed by atoms with van der Waals surface area (Å²) in [4.78, 5) is 16.4. The highest BCUT2D eigenvalue weighted by molar-refractivity contribution is 5.96. The molecule has 1 aromatic carbocycles. The summed E-state index contributed by atoms with van der Waals surface area (Å²) in [5.74, 6) is -0.0693. The average molecular weight is 290 g/mol. The van der Waals surface area contributed by atoms with Crippen LogP contribution >= 0.6 is 0 Å². The maximum atomic E-state index is 12.3. The van der Waals surface area contributed by atoms with Crippen molar-refractivity contribution in [2.75, 3.05) is 27.2 Å². The Morgan fingerprint density at radius 3 is 2.48 bits per heavy atom. The van der Waals surface area contributed by atoms with Gasteiger partial charge in [-0.2, -0.15) is 0 Å². The van der Waals surface area contributed by atoms with Crippen molar-refractivity contribution in [1.82, 2.24) is 9.80 Å². The Labute approximate surface area is 127 Å². The molecule has 0 saturated heterocycles. The normalized spacial score (nSPS) is 16.1. The van der Waals surface area contributed by atoms with Crippen LogP contribution < -0.4 is 0 Å². The number of carbonyl (C=O) groups excluding carboxylic acids is 1. The molecule has 4 heteroatoms. The van der Waals surface area contributed by atoms with Crippen LogP contribution in [-0.4, -0.2) is 54.0 Å². The Morgan fingerprint density at radius 1 is 1.14 bits per heavy atom. The fraction of sp³-hybridized carbons (Fsp3) is 0.588. The fourth-order valence-electron chi connectivity index (χ4n) is 2.97. The molecule has 0 aliphatic heterocycles. The molecule has 0 unspecified atom stereocenters. The third kappa shape index (κ3) is 4.21. The standard InChI is InChI=1S/C17H26N2O2/c1-18(14-8-4-3-5-9-14)12-13-19(2)17(21)15-10-6-7-11-16(15)20/h6-7,10-11,14,20H,3-5,8-9,12-13H2,1-2H3. The number of amides is 1. The van der Waals surface area contributed by atoms with E-state index in [-0.39, 0.29) is 11.7 Å². The van der Waals surface area contributed by atoms with Crippen LogP contribution in [-0.2, 0) is 0 Å². The summed E-state index contributed by atoms with van der Waals surface area (Å²) in [5, 5.41) is 9.75. The topological polar surface area (TPSA) is 43.8 Å². The van der Waals surface area contributed by atoms with Gasteiger partial charge >= 0.3 is 0 Å². The van der Waals surface area contributed by atoms with Crippen molar-refractivity contribution < 1.29 is 9.90 Å². The van der Waals surface area contributed by atoms with Crippen LogP contribution in [0.25, 0.3) is 0 Å². The van der Waals surface area contributed by atoms with Gasteiger partial charge in [0.05, 0.1) is 5.56 Å². The average Bonchev–Trinajstić information content (AvgIpc) is 2.53. The Morgan fingerprint density at radius 2 is 1.81 bits per heavy atom. The van der Waals surface area contributed by atoms with E-state index < -0.39 is 0 Å². The summed E-state index contributed by atoms with van der Waals surface area (Å²) in [6.07, 6.45) is 6.54. The highest BCUT2D eigenvalue weighted by Gasteiger charge is 2.20. The molecule has 1 N–H and O–H groups in total. The molecule has 0 aromatic heterocycles. The van der Waals surface area contributed by atoms with Crippen molar-refractivity contribution in [3.05, 3.63) is 29.8 Å². The lowest BCUT2D eigenvalue weighted by molar-refractivity contribution is 0.0764. The Balaban J connectivity index is 1.85. The Kier molecular flexibility index (Phi) is 5.62. The monoisotopic (exact) mass is 290 g/mol. The van der Waals surface area contributed by atoms with Crippen molar-refractivity contribution in [3.8, 4) is 5.75 Å². The van der Waals surface area contributed by atoms with E-state index in [2.05, 4.69) is 11.9 Å². The zero-order chi connectivity index (χ0) is 15.2. The van der Waals surface area contributed by atoms with Crippen LogP contribution in [0.3, 0.4) is 0 Å². The molecule has 0 bridgehead atoms. The second-order valence-corrected chi connectivity index (χ2v) is 6.02. The molecule has 1 amide bonds. The van der Waals surface area contributed by atoms with Crippen LogP contribution in [0.5, 0.6) is 5.75 Å². The van der Waals surface area contributed by atoms with E-state index in [0.29, 0.717) is 18.2 Å². The first-order valence-corrected chi connectivity index (χ1v) is 7.83. The number of rotatable bonds is 5. The molecular formula is C17H26N2O2. The molecule has 0 atom stereocenters. The lowest BCUT2D eigenvalue weighted by atomic mass is 9.94. The van der Waals surface area contributed by atoms with E-state index in [1.807, 2.05) is 0 Å². The molecule has 1 aliphatic carbocycles. The number of hydrogen-bond donors (Lipinski definition) is 1. The number of carbonyl (C=O) groups is 1. The zero-order valence-electron chi connectivity index (χ0n) is 13.1. The highest BCUT2D eigenvalue weighted by Crippen LogP contribution is 2.21. The minimum Gasteiger partial charge on any atom is -0.507 e. The predicted octanol–water partition coefficient (Wildman–Crippen LogP) is 2.73. The van der Waals surface area contributed by atoms with Gasteiger partial charge in [-0.15, -0.1) is 0 Å². The van der Waals surface area contributed by atoms with E-state index in [0.717, 1.165) is 6.54 Å². The molecule has 4 nitrogen and oxygen atoms in total. The quantitative estimate of drug-likeness (QED) is 0.907. The molecule has 21 heavy (non-hydrogen) atoms. The second-order valence-electron chi connectivity index (χ2n) is 6.02. The summed E-state index contributed by atoms with van der Waals surface area (Å²) in [5.41, 5.74) is 0.375. The highest BCUT2D eigenvalue weighted by atomic mass is 16.3. The van der Waals surface area contributed by atoms with Crippen LogP contribution in [0.1, 0.15) is 42.5 Å². The number of hydrogen-bond acceptors (Lipinski definition) is 3. The summed E-state index contributed by atoms with van der Waals surface area (Å²) >= 11 is 0. The first-order valence-electron chi connectivity index (χ1n) is 7.83. The number of nitrogens with zero attached hydrogens (tertiary/aromatic N) is 2. The fourth-order valence-corrected chi connectivity index (χ4v) is 2.97. The van der Waals surface area contributed by atoms with Gasteiger partial charge < -0.3 is 14.9 Å². The van der Waals surface area contributed by atoms with Crippen LogP contribution in [0.15, 0.2) is 24.3 Å². The second kappa shape index (κ2) is 7.46. The number of aromatic hydroxyl groups is 1.